The topological polar surface area (TPSA) is 104 Å². The van der Waals surface area contributed by atoms with Crippen molar-refractivity contribution >= 4 is 26.8 Å². The highest BCUT2D eigenvalue weighted by Crippen LogP contribution is 2.31. The van der Waals surface area contributed by atoms with Gasteiger partial charge in [-0.15, -0.1) is 0 Å². The molecule has 0 amide bonds. The maximum Gasteiger partial charge on any atom is 0.339 e. The van der Waals surface area contributed by atoms with Crippen molar-refractivity contribution in [2.24, 2.45) is 0 Å². The molecule has 0 fully saturated rings. The van der Waals surface area contributed by atoms with Gasteiger partial charge in [-0.25, -0.2) is 0 Å². The second-order valence-corrected chi connectivity index (χ2v) is 8.93. The molecule has 2 heterocycles. The summed E-state index contributed by atoms with van der Waals surface area (Å²) < 4.78 is 32.9. The highest BCUT2D eigenvalue weighted by molar-refractivity contribution is 7.87. The molecule has 0 saturated heterocycles. The van der Waals surface area contributed by atoms with Crippen molar-refractivity contribution in [2.45, 2.75) is 38.0 Å². The van der Waals surface area contributed by atoms with E-state index in [0.29, 0.717) is 23.9 Å². The fourth-order valence-electron chi connectivity index (χ4n) is 3.59. The zero-order valence-corrected chi connectivity index (χ0v) is 18.0. The Balaban J connectivity index is 2.01. The predicted molar refractivity (Wildman–Crippen MR) is 118 cm³/mol. The number of pyridine rings is 1. The van der Waals surface area contributed by atoms with E-state index in [1.54, 1.807) is 30.3 Å². The second-order valence-electron chi connectivity index (χ2n) is 7.38. The maximum atomic E-state index is 13.4. The van der Waals surface area contributed by atoms with Crippen molar-refractivity contribution in [1.82, 2.24) is 9.38 Å². The van der Waals surface area contributed by atoms with Crippen molar-refractivity contribution < 1.29 is 12.6 Å². The molecule has 0 aliphatic heterocycles. The number of aromatic amines is 1. The van der Waals surface area contributed by atoms with Crippen LogP contribution in [0.4, 0.5) is 0 Å². The molecule has 4 rings (SSSR count). The van der Waals surface area contributed by atoms with Crippen LogP contribution in [0.5, 0.6) is 5.75 Å². The summed E-state index contributed by atoms with van der Waals surface area (Å²) in [5, 5.41) is 9.93. The first-order valence-electron chi connectivity index (χ1n) is 9.97. The van der Waals surface area contributed by atoms with Gasteiger partial charge in [0.05, 0.1) is 16.6 Å². The number of hydrogen-bond donors (Lipinski definition) is 1. The van der Waals surface area contributed by atoms with E-state index in [4.69, 9.17) is 4.18 Å². The molecule has 4 aromatic rings. The lowest BCUT2D eigenvalue weighted by atomic mass is 10.1. The lowest BCUT2D eigenvalue weighted by Crippen LogP contribution is -2.23. The number of fused-ring (bicyclic) bond motifs is 3. The summed E-state index contributed by atoms with van der Waals surface area (Å²) in [6.07, 6.45) is 1.74. The fourth-order valence-corrected chi connectivity index (χ4v) is 4.56. The number of benzene rings is 2. The van der Waals surface area contributed by atoms with Gasteiger partial charge in [0.1, 0.15) is 22.2 Å². The van der Waals surface area contributed by atoms with Crippen LogP contribution >= 0.6 is 0 Å². The molecule has 0 spiro atoms. The van der Waals surface area contributed by atoms with Gasteiger partial charge in [0.2, 0.25) is 0 Å². The number of nitriles is 1. The van der Waals surface area contributed by atoms with Gasteiger partial charge in [-0.05, 0) is 44.0 Å². The Morgan fingerprint density at radius 2 is 1.84 bits per heavy atom. The van der Waals surface area contributed by atoms with Gasteiger partial charge in [0.15, 0.2) is 5.75 Å². The van der Waals surface area contributed by atoms with E-state index in [9.17, 15) is 18.5 Å². The van der Waals surface area contributed by atoms with Gasteiger partial charge < -0.3 is 9.17 Å². The molecule has 0 saturated carbocycles. The van der Waals surface area contributed by atoms with E-state index in [1.165, 1.54) is 16.5 Å². The van der Waals surface area contributed by atoms with E-state index >= 15 is 0 Å². The molecule has 2 aromatic carbocycles. The molecule has 0 radical (unpaired) electrons. The van der Waals surface area contributed by atoms with Gasteiger partial charge in [0.25, 0.3) is 5.56 Å². The van der Waals surface area contributed by atoms with Crippen molar-refractivity contribution in [3.63, 3.8) is 0 Å². The number of H-pyrrole nitrogens is 1. The van der Waals surface area contributed by atoms with Crippen LogP contribution in [0.2, 0.25) is 0 Å². The second kappa shape index (κ2) is 7.93. The summed E-state index contributed by atoms with van der Waals surface area (Å²) in [6, 6.07) is 15.4. The Bertz CT molecular complexity index is 1490. The maximum absolute atomic E-state index is 13.4. The number of unbranched alkanes of at least 4 members (excludes halogenated alkanes) is 1. The number of rotatable bonds is 6. The van der Waals surface area contributed by atoms with Gasteiger partial charge in [-0.1, -0.05) is 43.2 Å². The number of aromatic nitrogens is 2. The number of imidazole rings is 1. The number of nitrogens with zero attached hydrogens (tertiary/aromatic N) is 2. The Kier molecular flexibility index (Phi) is 5.29. The van der Waals surface area contributed by atoms with Crippen LogP contribution in [0.15, 0.2) is 58.2 Å². The average molecular weight is 436 g/mol. The summed E-state index contributed by atoms with van der Waals surface area (Å²) in [5.74, 6) is -0.201. The minimum absolute atomic E-state index is 0.0161. The summed E-state index contributed by atoms with van der Waals surface area (Å²) in [4.78, 5) is 16.4. The van der Waals surface area contributed by atoms with Crippen LogP contribution in [-0.4, -0.2) is 17.8 Å². The molecule has 0 aliphatic carbocycles. The molecule has 8 heteroatoms. The minimum Gasteiger partial charge on any atom is -0.377 e. The lowest BCUT2D eigenvalue weighted by molar-refractivity contribution is 0.480. The molecular formula is C23H21N3O4S. The molecule has 0 atom stereocenters. The summed E-state index contributed by atoms with van der Waals surface area (Å²) in [5.41, 5.74) is 2.16. The summed E-state index contributed by atoms with van der Waals surface area (Å²) in [6.45, 7) is 3.81. The van der Waals surface area contributed by atoms with E-state index < -0.39 is 15.7 Å². The third-order valence-electron chi connectivity index (χ3n) is 5.22. The smallest absolute Gasteiger partial charge is 0.339 e. The molecule has 2 aromatic heterocycles. The van der Waals surface area contributed by atoms with Crippen molar-refractivity contribution in [3.05, 3.63) is 75.6 Å². The molecule has 158 valence electrons. The summed E-state index contributed by atoms with van der Waals surface area (Å²) in [7, 11) is -4.24. The van der Waals surface area contributed by atoms with Gasteiger partial charge >= 0.3 is 10.1 Å². The van der Waals surface area contributed by atoms with Crippen LogP contribution < -0.4 is 9.74 Å². The Hall–Kier alpha value is -3.57. The van der Waals surface area contributed by atoms with Crippen molar-refractivity contribution in [3.8, 4) is 11.8 Å². The zero-order chi connectivity index (χ0) is 22.2. The quantitative estimate of drug-likeness (QED) is 0.460. The number of hydrogen-bond acceptors (Lipinski definition) is 5. The SMILES string of the molecule is CCCCc1c(OS(=O)(=O)c2ccc(C)cc2)c(C#N)c2[nH]c3ccccc3n2c1=O. The predicted octanol–water partition coefficient (Wildman–Crippen LogP) is 4.07. The summed E-state index contributed by atoms with van der Waals surface area (Å²) >= 11 is 0. The highest BCUT2D eigenvalue weighted by atomic mass is 32.2. The van der Waals surface area contributed by atoms with Crippen LogP contribution in [-0.2, 0) is 16.5 Å². The molecule has 0 unspecified atom stereocenters. The zero-order valence-electron chi connectivity index (χ0n) is 17.2. The van der Waals surface area contributed by atoms with Crippen molar-refractivity contribution in [2.75, 3.05) is 0 Å². The first-order chi connectivity index (χ1) is 14.9. The molecule has 0 aliphatic rings. The van der Waals surface area contributed by atoms with E-state index in [2.05, 4.69) is 4.98 Å². The van der Waals surface area contributed by atoms with E-state index in [0.717, 1.165) is 12.0 Å². The molecular weight excluding hydrogens is 414 g/mol. The number of aryl methyl sites for hydroxylation is 1. The first kappa shape index (κ1) is 20.7. The number of para-hydroxylation sites is 2. The fraction of sp³-hybridized carbons (Fsp3) is 0.217. The average Bonchev–Trinajstić information content (AvgIpc) is 3.13. The van der Waals surface area contributed by atoms with Crippen LogP contribution in [0.3, 0.4) is 0 Å². The Morgan fingerprint density at radius 1 is 1.13 bits per heavy atom. The highest BCUT2D eigenvalue weighted by Gasteiger charge is 2.27. The minimum atomic E-state index is -4.24. The normalized spacial score (nSPS) is 11.6. The third-order valence-corrected chi connectivity index (χ3v) is 6.45. The Morgan fingerprint density at radius 3 is 2.52 bits per heavy atom. The standard InChI is InChI=1S/C23H21N3O4S/c1-3-4-7-17-21(30-31(28,29)16-12-10-15(2)11-13-16)18(14-24)22-25-19-8-5-6-9-20(19)26(22)23(17)27/h5-6,8-13,25H,3-4,7H2,1-2H3. The third kappa shape index (κ3) is 3.57. The van der Waals surface area contributed by atoms with Gasteiger partial charge in [-0.2, -0.15) is 13.7 Å². The molecule has 31 heavy (non-hydrogen) atoms. The lowest BCUT2D eigenvalue weighted by Gasteiger charge is -2.14. The molecule has 0 bridgehead atoms. The monoisotopic (exact) mass is 435 g/mol. The van der Waals surface area contributed by atoms with Gasteiger partial charge in [0, 0.05) is 0 Å². The number of nitrogens with one attached hydrogen (secondary N) is 1. The first-order valence-corrected chi connectivity index (χ1v) is 11.4. The molecule has 1 N–H and O–H groups in total. The largest absolute Gasteiger partial charge is 0.377 e. The van der Waals surface area contributed by atoms with Crippen LogP contribution in [0, 0.1) is 18.3 Å². The molecule has 7 nitrogen and oxygen atoms in total. The van der Waals surface area contributed by atoms with Gasteiger partial charge in [-0.3, -0.25) is 9.20 Å². The van der Waals surface area contributed by atoms with E-state index in [1.807, 2.05) is 26.0 Å². The Labute approximate surface area is 179 Å². The van der Waals surface area contributed by atoms with Crippen LogP contribution in [0.25, 0.3) is 16.7 Å². The van der Waals surface area contributed by atoms with E-state index in [-0.39, 0.29) is 27.4 Å². The van der Waals surface area contributed by atoms with Crippen LogP contribution in [0.1, 0.15) is 36.5 Å². The van der Waals surface area contributed by atoms with Crippen molar-refractivity contribution in [1.29, 1.82) is 5.26 Å².